The smallest absolute Gasteiger partial charge is 0.260 e. The molecule has 0 aliphatic carbocycles. The molecule has 3 aromatic rings. The molecule has 0 spiro atoms. The van der Waals surface area contributed by atoms with Gasteiger partial charge in [-0.2, -0.15) is 5.10 Å². The minimum Gasteiger partial charge on any atom is -0.484 e. The van der Waals surface area contributed by atoms with Crippen molar-refractivity contribution < 1.29 is 18.7 Å². The number of hydrogen-bond acceptors (Lipinski definition) is 7. The van der Waals surface area contributed by atoms with Crippen molar-refractivity contribution in [1.82, 2.24) is 14.8 Å². The molecular weight excluding hydrogens is 415 g/mol. The number of nitrogens with two attached hydrogens (primary N) is 1. The number of methoxy groups -OCH3 is 1. The van der Waals surface area contributed by atoms with Crippen LogP contribution in [-0.2, 0) is 18.4 Å². The number of nitrogens with zero attached hydrogens (tertiary/aromatic N) is 3. The number of amides is 1. The summed E-state index contributed by atoms with van der Waals surface area (Å²) in [5.41, 5.74) is 6.27. The number of benzene rings is 1. The van der Waals surface area contributed by atoms with Crippen LogP contribution < -0.4 is 15.8 Å². The highest BCUT2D eigenvalue weighted by molar-refractivity contribution is 6.34. The van der Waals surface area contributed by atoms with E-state index in [0.29, 0.717) is 5.69 Å². The van der Waals surface area contributed by atoms with Crippen LogP contribution >= 0.6 is 11.6 Å². The number of aryl methyl sites for hydroxylation is 1. The third-order valence-corrected chi connectivity index (χ3v) is 4.37. The Labute approximate surface area is 176 Å². The second-order valence-corrected chi connectivity index (χ2v) is 6.56. The second kappa shape index (κ2) is 8.78. The largest absolute Gasteiger partial charge is 0.484 e. The van der Waals surface area contributed by atoms with E-state index in [4.69, 9.17) is 32.2 Å². The Balaban J connectivity index is 1.82. The van der Waals surface area contributed by atoms with E-state index >= 15 is 0 Å². The van der Waals surface area contributed by atoms with Gasteiger partial charge in [0.25, 0.3) is 5.91 Å². The van der Waals surface area contributed by atoms with E-state index in [1.54, 1.807) is 24.0 Å². The zero-order valence-electron chi connectivity index (χ0n) is 16.1. The summed E-state index contributed by atoms with van der Waals surface area (Å²) in [5, 5.41) is 14.3. The number of nitrogen functional groups attached to an aromatic ring is 1. The quantitative estimate of drug-likeness (QED) is 0.405. The maximum atomic E-state index is 14.9. The number of hydrogen-bond donors (Lipinski definition) is 3. The fraction of sp³-hybridized carbons (Fsp3) is 0.158. The fourth-order valence-electron chi connectivity index (χ4n) is 2.57. The summed E-state index contributed by atoms with van der Waals surface area (Å²) in [4.78, 5) is 16.6. The van der Waals surface area contributed by atoms with Crippen LogP contribution in [0.1, 0.15) is 21.6 Å². The van der Waals surface area contributed by atoms with Crippen molar-refractivity contribution in [2.24, 2.45) is 7.05 Å². The van der Waals surface area contributed by atoms with Gasteiger partial charge in [-0.3, -0.25) is 14.9 Å². The first-order valence-corrected chi connectivity index (χ1v) is 8.97. The van der Waals surface area contributed by atoms with Crippen molar-refractivity contribution in [3.63, 3.8) is 0 Å². The highest BCUT2D eigenvalue weighted by atomic mass is 35.5. The van der Waals surface area contributed by atoms with Crippen LogP contribution in [0, 0.1) is 11.2 Å². The summed E-state index contributed by atoms with van der Waals surface area (Å²) in [5.74, 6) is -2.06. The van der Waals surface area contributed by atoms with Crippen molar-refractivity contribution in [2.45, 2.75) is 6.61 Å². The molecule has 2 heterocycles. The molecular formula is C19H18ClFN6O3. The van der Waals surface area contributed by atoms with Gasteiger partial charge in [0, 0.05) is 13.2 Å². The summed E-state index contributed by atoms with van der Waals surface area (Å²) in [6.45, 7) is 0.0187. The fourth-order valence-corrected chi connectivity index (χ4v) is 2.81. The molecule has 156 valence electrons. The minimum absolute atomic E-state index is 0.0187. The monoisotopic (exact) mass is 432 g/mol. The zero-order chi connectivity index (χ0) is 21.8. The molecule has 4 N–H and O–H groups in total. The third-order valence-electron chi connectivity index (χ3n) is 4.05. The standard InChI is InChI=1S/C19H18ClFN6O3/c1-27-6-5-10(26-27)9-30-14-4-3-13(20)15(16(14)21)19(28)25-11-7-12(18(23)29-2)17(22)24-8-11/h3-8,23H,9H2,1-2H3,(H2,22,24)(H,25,28). The number of carbonyl (C=O) groups is 1. The maximum absolute atomic E-state index is 14.9. The SMILES string of the molecule is COC(=N)c1cc(NC(=O)c2c(Cl)ccc(OCc3ccn(C)n3)c2F)cnc1N. The number of rotatable bonds is 6. The van der Waals surface area contributed by atoms with E-state index in [1.807, 2.05) is 0 Å². The van der Waals surface area contributed by atoms with Crippen LogP contribution in [0.25, 0.3) is 0 Å². The molecule has 9 nitrogen and oxygen atoms in total. The Morgan fingerprint density at radius 2 is 2.17 bits per heavy atom. The van der Waals surface area contributed by atoms with E-state index in [2.05, 4.69) is 15.4 Å². The van der Waals surface area contributed by atoms with Gasteiger partial charge in [-0.15, -0.1) is 0 Å². The Bertz CT molecular complexity index is 1120. The molecule has 0 unspecified atom stereocenters. The van der Waals surface area contributed by atoms with Gasteiger partial charge in [-0.05, 0) is 24.3 Å². The molecule has 30 heavy (non-hydrogen) atoms. The van der Waals surface area contributed by atoms with E-state index in [0.717, 1.165) is 0 Å². The number of halogens is 2. The molecule has 11 heteroatoms. The van der Waals surface area contributed by atoms with Crippen LogP contribution in [0.5, 0.6) is 5.75 Å². The van der Waals surface area contributed by atoms with Crippen LogP contribution in [-0.4, -0.2) is 33.7 Å². The molecule has 1 amide bonds. The molecule has 0 aliphatic heterocycles. The van der Waals surface area contributed by atoms with Gasteiger partial charge in [-0.1, -0.05) is 11.6 Å². The Kier molecular flexibility index (Phi) is 6.17. The Morgan fingerprint density at radius 3 is 2.83 bits per heavy atom. The van der Waals surface area contributed by atoms with Gasteiger partial charge in [0.15, 0.2) is 11.6 Å². The zero-order valence-corrected chi connectivity index (χ0v) is 16.8. The van der Waals surface area contributed by atoms with Gasteiger partial charge in [0.05, 0.1) is 40.8 Å². The first-order chi connectivity index (χ1) is 14.3. The number of pyridine rings is 1. The first kappa shape index (κ1) is 21.1. The summed E-state index contributed by atoms with van der Waals surface area (Å²) < 4.78 is 26.8. The molecule has 0 atom stereocenters. The average Bonchev–Trinajstić information content (AvgIpc) is 3.13. The van der Waals surface area contributed by atoms with E-state index in [-0.39, 0.29) is 40.3 Å². The van der Waals surface area contributed by atoms with Crippen molar-refractivity contribution in [3.8, 4) is 5.75 Å². The lowest BCUT2D eigenvalue weighted by atomic mass is 10.1. The van der Waals surface area contributed by atoms with Gasteiger partial charge in [0.2, 0.25) is 5.90 Å². The molecule has 0 saturated carbocycles. The first-order valence-electron chi connectivity index (χ1n) is 8.59. The molecule has 0 radical (unpaired) electrons. The predicted octanol–water partition coefficient (Wildman–Crippen LogP) is 2.99. The van der Waals surface area contributed by atoms with Crippen LogP contribution in [0.2, 0.25) is 5.02 Å². The topological polar surface area (TPSA) is 128 Å². The highest BCUT2D eigenvalue weighted by Gasteiger charge is 2.21. The van der Waals surface area contributed by atoms with Crippen LogP contribution in [0.15, 0.2) is 36.7 Å². The lowest BCUT2D eigenvalue weighted by molar-refractivity contribution is 0.102. The summed E-state index contributed by atoms with van der Waals surface area (Å²) in [7, 11) is 3.05. The molecule has 0 aliphatic rings. The van der Waals surface area contributed by atoms with Gasteiger partial charge < -0.3 is 20.5 Å². The van der Waals surface area contributed by atoms with Crippen molar-refractivity contribution in [1.29, 1.82) is 5.41 Å². The number of aromatic nitrogens is 3. The second-order valence-electron chi connectivity index (χ2n) is 6.15. The van der Waals surface area contributed by atoms with Crippen molar-refractivity contribution in [3.05, 3.63) is 64.3 Å². The van der Waals surface area contributed by atoms with Gasteiger partial charge >= 0.3 is 0 Å². The summed E-state index contributed by atoms with van der Waals surface area (Å²) >= 11 is 6.05. The Hall–Kier alpha value is -3.66. The van der Waals surface area contributed by atoms with Crippen molar-refractivity contribution in [2.75, 3.05) is 18.2 Å². The minimum atomic E-state index is -0.913. The number of anilines is 2. The number of ether oxygens (including phenoxy) is 2. The molecule has 3 rings (SSSR count). The van der Waals surface area contributed by atoms with Crippen LogP contribution in [0.4, 0.5) is 15.9 Å². The normalized spacial score (nSPS) is 10.5. The number of nitrogens with one attached hydrogen (secondary N) is 2. The number of carbonyl (C=O) groups excluding carboxylic acids is 1. The predicted molar refractivity (Wildman–Crippen MR) is 109 cm³/mol. The van der Waals surface area contributed by atoms with E-state index < -0.39 is 17.3 Å². The molecule has 0 bridgehead atoms. The molecule has 2 aromatic heterocycles. The molecule has 1 aromatic carbocycles. The average molecular weight is 433 g/mol. The van der Waals surface area contributed by atoms with Gasteiger partial charge in [-0.25, -0.2) is 9.37 Å². The summed E-state index contributed by atoms with van der Waals surface area (Å²) in [6, 6.07) is 5.81. The van der Waals surface area contributed by atoms with Crippen molar-refractivity contribution >= 4 is 34.9 Å². The highest BCUT2D eigenvalue weighted by Crippen LogP contribution is 2.29. The third kappa shape index (κ3) is 4.49. The van der Waals surface area contributed by atoms with Gasteiger partial charge in [0.1, 0.15) is 12.4 Å². The van der Waals surface area contributed by atoms with Crippen LogP contribution in [0.3, 0.4) is 0 Å². The van der Waals surface area contributed by atoms with E-state index in [1.165, 1.54) is 31.5 Å². The molecule has 0 fully saturated rings. The lowest BCUT2D eigenvalue weighted by Crippen LogP contribution is -2.16. The molecule has 0 saturated heterocycles. The maximum Gasteiger partial charge on any atom is 0.260 e. The Morgan fingerprint density at radius 1 is 1.40 bits per heavy atom. The van der Waals surface area contributed by atoms with E-state index in [9.17, 15) is 9.18 Å². The lowest BCUT2D eigenvalue weighted by Gasteiger charge is -2.13. The summed E-state index contributed by atoms with van der Waals surface area (Å²) in [6.07, 6.45) is 3.00.